The van der Waals surface area contributed by atoms with Crippen molar-refractivity contribution in [1.82, 2.24) is 0 Å². The van der Waals surface area contributed by atoms with Crippen molar-refractivity contribution < 1.29 is 13.2 Å². The average molecular weight is 292 g/mol. The third kappa shape index (κ3) is 2.20. The number of rotatable bonds is 1. The van der Waals surface area contributed by atoms with Gasteiger partial charge in [0.15, 0.2) is 0 Å². The summed E-state index contributed by atoms with van der Waals surface area (Å²) < 4.78 is 38.9. The molecule has 4 heteroatoms. The Labute approximate surface area is 118 Å². The van der Waals surface area contributed by atoms with E-state index in [1.807, 2.05) is 37.3 Å². The number of thiophene rings is 1. The lowest BCUT2D eigenvalue weighted by Crippen LogP contribution is -2.03. The van der Waals surface area contributed by atoms with Crippen LogP contribution in [0.1, 0.15) is 11.1 Å². The van der Waals surface area contributed by atoms with Gasteiger partial charge in [-0.2, -0.15) is 13.2 Å². The van der Waals surface area contributed by atoms with Crippen LogP contribution in [-0.2, 0) is 6.18 Å². The van der Waals surface area contributed by atoms with E-state index in [0.29, 0.717) is 4.70 Å². The van der Waals surface area contributed by atoms with Crippen LogP contribution in [-0.4, -0.2) is 0 Å². The van der Waals surface area contributed by atoms with E-state index >= 15 is 0 Å². The number of aryl methyl sites for hydroxylation is 1. The predicted octanol–water partition coefficient (Wildman–Crippen LogP) is 5.90. The molecule has 0 bridgehead atoms. The quantitative estimate of drug-likeness (QED) is 0.524. The first kappa shape index (κ1) is 13.2. The van der Waals surface area contributed by atoms with E-state index in [-0.39, 0.29) is 0 Å². The molecule has 0 aliphatic heterocycles. The molecular weight excluding hydrogens is 281 g/mol. The van der Waals surface area contributed by atoms with Crippen molar-refractivity contribution >= 4 is 21.4 Å². The fraction of sp³-hybridized carbons (Fsp3) is 0.125. The summed E-state index contributed by atoms with van der Waals surface area (Å²) in [5, 5.41) is 0.891. The number of hydrogen-bond acceptors (Lipinski definition) is 1. The van der Waals surface area contributed by atoms with Gasteiger partial charge in [-0.05, 0) is 35.6 Å². The Morgan fingerprint density at radius 2 is 1.65 bits per heavy atom. The van der Waals surface area contributed by atoms with Crippen molar-refractivity contribution in [2.45, 2.75) is 13.1 Å². The molecule has 0 saturated carbocycles. The van der Waals surface area contributed by atoms with Gasteiger partial charge >= 0.3 is 6.18 Å². The summed E-state index contributed by atoms with van der Waals surface area (Å²) in [6.45, 7) is 1.95. The van der Waals surface area contributed by atoms with Gasteiger partial charge in [-0.25, -0.2) is 0 Å². The van der Waals surface area contributed by atoms with E-state index < -0.39 is 11.7 Å². The average Bonchev–Trinajstić information content (AvgIpc) is 2.76. The van der Waals surface area contributed by atoms with Crippen LogP contribution >= 0.6 is 11.3 Å². The largest absolute Gasteiger partial charge is 0.416 e. The van der Waals surface area contributed by atoms with Gasteiger partial charge in [0.2, 0.25) is 0 Å². The molecule has 0 saturated heterocycles. The molecule has 3 aromatic rings. The molecule has 1 heterocycles. The summed E-state index contributed by atoms with van der Waals surface area (Å²) in [4.78, 5) is 1.03. The minimum absolute atomic E-state index is 0.592. The summed E-state index contributed by atoms with van der Waals surface area (Å²) in [6, 6.07) is 13.7. The minimum atomic E-state index is -4.29. The maximum atomic E-state index is 12.8. The van der Waals surface area contributed by atoms with Gasteiger partial charge < -0.3 is 0 Å². The van der Waals surface area contributed by atoms with Crippen molar-refractivity contribution in [2.24, 2.45) is 0 Å². The lowest BCUT2D eigenvalue weighted by molar-refractivity contribution is -0.137. The molecule has 102 valence electrons. The second kappa shape index (κ2) is 4.63. The molecule has 0 spiro atoms. The summed E-state index contributed by atoms with van der Waals surface area (Å²) in [6.07, 6.45) is -4.29. The zero-order chi connectivity index (χ0) is 14.3. The Hall–Kier alpha value is -1.81. The number of alkyl halides is 3. The van der Waals surface area contributed by atoms with E-state index in [0.717, 1.165) is 27.5 Å². The van der Waals surface area contributed by atoms with Crippen molar-refractivity contribution in [1.29, 1.82) is 0 Å². The van der Waals surface area contributed by atoms with Crippen LogP contribution in [0.25, 0.3) is 20.5 Å². The molecule has 1 aromatic heterocycles. The van der Waals surface area contributed by atoms with E-state index in [9.17, 15) is 13.2 Å². The highest BCUT2D eigenvalue weighted by atomic mass is 32.1. The molecule has 20 heavy (non-hydrogen) atoms. The van der Waals surface area contributed by atoms with Gasteiger partial charge in [0.05, 0.1) is 5.56 Å². The first-order valence-electron chi connectivity index (χ1n) is 6.12. The summed E-state index contributed by atoms with van der Waals surface area (Å²) >= 11 is 1.41. The zero-order valence-electron chi connectivity index (χ0n) is 10.7. The third-order valence-electron chi connectivity index (χ3n) is 3.30. The number of hydrogen-bond donors (Lipinski definition) is 0. The number of benzene rings is 2. The molecule has 0 atom stereocenters. The van der Waals surface area contributed by atoms with E-state index in [2.05, 4.69) is 0 Å². The van der Waals surface area contributed by atoms with E-state index in [1.165, 1.54) is 17.4 Å². The van der Waals surface area contributed by atoms with Gasteiger partial charge in [-0.3, -0.25) is 0 Å². The van der Waals surface area contributed by atoms with Crippen molar-refractivity contribution in [3.63, 3.8) is 0 Å². The fourth-order valence-electron chi connectivity index (χ4n) is 2.27. The minimum Gasteiger partial charge on any atom is -0.166 e. The monoisotopic (exact) mass is 292 g/mol. The maximum Gasteiger partial charge on any atom is 0.416 e. The van der Waals surface area contributed by atoms with E-state index in [4.69, 9.17) is 0 Å². The molecule has 0 unspecified atom stereocenters. The smallest absolute Gasteiger partial charge is 0.166 e. The lowest BCUT2D eigenvalue weighted by Gasteiger charge is -2.05. The Balaban J connectivity index is 2.20. The predicted molar refractivity (Wildman–Crippen MR) is 77.0 cm³/mol. The third-order valence-corrected chi connectivity index (χ3v) is 4.61. The molecule has 0 fully saturated rings. The van der Waals surface area contributed by atoms with Crippen molar-refractivity contribution in [3.05, 3.63) is 59.7 Å². The molecule has 0 nitrogen and oxygen atoms in total. The maximum absolute atomic E-state index is 12.8. The highest BCUT2D eigenvalue weighted by Crippen LogP contribution is 2.40. The second-order valence-electron chi connectivity index (χ2n) is 4.63. The molecular formula is C16H11F3S. The van der Waals surface area contributed by atoms with Crippen LogP contribution in [0.2, 0.25) is 0 Å². The topological polar surface area (TPSA) is 0 Å². The Morgan fingerprint density at radius 3 is 2.30 bits per heavy atom. The van der Waals surface area contributed by atoms with Crippen molar-refractivity contribution in [3.8, 4) is 10.4 Å². The molecule has 0 amide bonds. The number of fused-ring (bicyclic) bond motifs is 1. The molecule has 2 aromatic carbocycles. The van der Waals surface area contributed by atoms with Crippen molar-refractivity contribution in [2.75, 3.05) is 0 Å². The standard InChI is InChI=1S/C16H11F3S/c1-10-13-8-7-12(16(17,18)19)9-14(13)20-15(10)11-5-3-2-4-6-11/h2-9H,1H3. The van der Waals surface area contributed by atoms with Crippen LogP contribution in [0.5, 0.6) is 0 Å². The van der Waals surface area contributed by atoms with E-state index in [1.54, 1.807) is 6.07 Å². The Bertz CT molecular complexity index is 754. The SMILES string of the molecule is Cc1c(-c2ccccc2)sc2cc(C(F)(F)F)ccc12. The summed E-state index contributed by atoms with van der Waals surface area (Å²) in [5.74, 6) is 0. The van der Waals surface area contributed by atoms with Crippen LogP contribution in [0.15, 0.2) is 48.5 Å². The van der Waals surface area contributed by atoms with Crippen LogP contribution in [0, 0.1) is 6.92 Å². The Morgan fingerprint density at radius 1 is 0.950 bits per heavy atom. The second-order valence-corrected chi connectivity index (χ2v) is 5.68. The molecule has 3 rings (SSSR count). The highest BCUT2D eigenvalue weighted by molar-refractivity contribution is 7.22. The molecule has 0 radical (unpaired) electrons. The van der Waals surface area contributed by atoms with Crippen LogP contribution < -0.4 is 0 Å². The van der Waals surface area contributed by atoms with Gasteiger partial charge in [-0.1, -0.05) is 36.4 Å². The normalized spacial score (nSPS) is 12.0. The number of halogens is 3. The first-order valence-corrected chi connectivity index (χ1v) is 6.94. The lowest BCUT2D eigenvalue weighted by atomic mass is 10.1. The van der Waals surface area contributed by atoms with Crippen LogP contribution in [0.3, 0.4) is 0 Å². The Kier molecular flexibility index (Phi) is 3.05. The molecule has 0 N–H and O–H groups in total. The molecule has 0 aliphatic carbocycles. The van der Waals surface area contributed by atoms with Gasteiger partial charge in [0.1, 0.15) is 0 Å². The summed E-state index contributed by atoms with van der Waals surface area (Å²) in [7, 11) is 0. The molecule has 0 aliphatic rings. The van der Waals surface area contributed by atoms with Gasteiger partial charge in [0, 0.05) is 9.58 Å². The first-order chi connectivity index (χ1) is 9.47. The van der Waals surface area contributed by atoms with Gasteiger partial charge in [-0.15, -0.1) is 11.3 Å². The fourth-order valence-corrected chi connectivity index (χ4v) is 3.52. The summed E-state index contributed by atoms with van der Waals surface area (Å²) in [5.41, 5.74) is 1.48. The highest BCUT2D eigenvalue weighted by Gasteiger charge is 2.30. The zero-order valence-corrected chi connectivity index (χ0v) is 11.5. The van der Waals surface area contributed by atoms with Gasteiger partial charge in [0.25, 0.3) is 0 Å². The van der Waals surface area contributed by atoms with Crippen LogP contribution in [0.4, 0.5) is 13.2 Å².